The highest BCUT2D eigenvalue weighted by Gasteiger charge is 2.48. The summed E-state index contributed by atoms with van der Waals surface area (Å²) >= 11 is 0. The summed E-state index contributed by atoms with van der Waals surface area (Å²) in [5.74, 6) is 3.08. The van der Waals surface area contributed by atoms with E-state index in [0.717, 1.165) is 11.7 Å². The van der Waals surface area contributed by atoms with Crippen molar-refractivity contribution < 1.29 is 4.74 Å². The number of piperidine rings is 3. The van der Waals surface area contributed by atoms with Crippen LogP contribution < -0.4 is 4.74 Å². The standard InChI is InChI=1S/C15H17N3O/c16-5-13-1-2-14(6-17-13)19-15-11-3-10-4-12(15)9-18(7-10)8-11/h1-2,6,10-12,15H,3-4,7-9H2. The Balaban J connectivity index is 1.52. The molecule has 2 unspecified atom stereocenters. The lowest BCUT2D eigenvalue weighted by molar-refractivity contribution is -0.0985. The van der Waals surface area contributed by atoms with Crippen molar-refractivity contribution in [1.82, 2.24) is 9.88 Å². The van der Waals surface area contributed by atoms with Crippen LogP contribution in [0.4, 0.5) is 0 Å². The lowest BCUT2D eigenvalue weighted by Crippen LogP contribution is -2.61. The molecule has 4 nitrogen and oxygen atoms in total. The first-order valence-corrected chi connectivity index (χ1v) is 7.07. The van der Waals surface area contributed by atoms with Crippen LogP contribution in [0.15, 0.2) is 18.3 Å². The van der Waals surface area contributed by atoms with Crippen LogP contribution in [0.1, 0.15) is 18.5 Å². The maximum atomic E-state index is 8.76. The molecule has 4 bridgehead atoms. The van der Waals surface area contributed by atoms with Gasteiger partial charge in [-0.25, -0.2) is 4.98 Å². The summed E-state index contributed by atoms with van der Waals surface area (Å²) in [6, 6.07) is 5.64. The number of pyridine rings is 1. The molecule has 0 aromatic carbocycles. The van der Waals surface area contributed by atoms with Gasteiger partial charge in [0.05, 0.1) is 6.20 Å². The van der Waals surface area contributed by atoms with E-state index < -0.39 is 0 Å². The molecule has 19 heavy (non-hydrogen) atoms. The number of hydrogen-bond acceptors (Lipinski definition) is 4. The maximum absolute atomic E-state index is 8.76. The monoisotopic (exact) mass is 255 g/mol. The van der Waals surface area contributed by atoms with Crippen molar-refractivity contribution in [2.24, 2.45) is 17.8 Å². The fourth-order valence-electron chi connectivity index (χ4n) is 4.23. The van der Waals surface area contributed by atoms with Gasteiger partial charge in [-0.15, -0.1) is 0 Å². The van der Waals surface area contributed by atoms with Gasteiger partial charge in [0.25, 0.3) is 0 Å². The van der Waals surface area contributed by atoms with E-state index in [2.05, 4.69) is 9.88 Å². The van der Waals surface area contributed by atoms with Gasteiger partial charge in [0.1, 0.15) is 23.6 Å². The van der Waals surface area contributed by atoms with Gasteiger partial charge in [0.15, 0.2) is 0 Å². The van der Waals surface area contributed by atoms with Crippen LogP contribution in [0.2, 0.25) is 0 Å². The Kier molecular flexibility index (Phi) is 2.49. The van der Waals surface area contributed by atoms with Gasteiger partial charge in [-0.05, 0) is 30.9 Å². The number of aromatic nitrogens is 1. The third kappa shape index (κ3) is 1.89. The average Bonchev–Trinajstić information content (AvgIpc) is 2.43. The molecule has 4 heteroatoms. The molecule has 0 N–H and O–H groups in total. The number of ether oxygens (including phenoxy) is 1. The van der Waals surface area contributed by atoms with Gasteiger partial charge in [-0.3, -0.25) is 0 Å². The predicted molar refractivity (Wildman–Crippen MR) is 69.5 cm³/mol. The lowest BCUT2D eigenvalue weighted by atomic mass is 9.66. The molecule has 3 aliphatic heterocycles. The van der Waals surface area contributed by atoms with Crippen molar-refractivity contribution in [2.45, 2.75) is 18.9 Å². The zero-order valence-electron chi connectivity index (χ0n) is 10.8. The fraction of sp³-hybridized carbons (Fsp3) is 0.600. The fourth-order valence-corrected chi connectivity index (χ4v) is 4.23. The van der Waals surface area contributed by atoms with Crippen LogP contribution in [-0.4, -0.2) is 35.6 Å². The Bertz CT molecular complexity index is 491. The largest absolute Gasteiger partial charge is 0.488 e. The summed E-state index contributed by atoms with van der Waals surface area (Å²) in [4.78, 5) is 6.68. The molecule has 4 heterocycles. The first kappa shape index (κ1) is 11.2. The zero-order chi connectivity index (χ0) is 12.8. The molecule has 1 saturated carbocycles. The lowest BCUT2D eigenvalue weighted by Gasteiger charge is -2.55. The van der Waals surface area contributed by atoms with Crippen molar-refractivity contribution in [2.75, 3.05) is 19.6 Å². The highest BCUT2D eigenvalue weighted by Crippen LogP contribution is 2.44. The van der Waals surface area contributed by atoms with E-state index in [0.29, 0.717) is 23.6 Å². The number of hydrogen-bond donors (Lipinski definition) is 0. The normalized spacial score (nSPS) is 39.0. The first-order valence-electron chi connectivity index (χ1n) is 7.07. The van der Waals surface area contributed by atoms with Crippen LogP contribution in [-0.2, 0) is 0 Å². The smallest absolute Gasteiger partial charge is 0.140 e. The molecule has 3 saturated heterocycles. The minimum absolute atomic E-state index is 0.350. The molecule has 0 radical (unpaired) electrons. The van der Waals surface area contributed by atoms with Crippen LogP contribution in [0.5, 0.6) is 5.75 Å². The van der Waals surface area contributed by atoms with Crippen LogP contribution in [0.25, 0.3) is 0 Å². The summed E-state index contributed by atoms with van der Waals surface area (Å²) in [6.45, 7) is 3.70. The molecule has 5 rings (SSSR count). The van der Waals surface area contributed by atoms with Gasteiger partial charge < -0.3 is 9.64 Å². The minimum atomic E-state index is 0.350. The molecule has 1 aromatic rings. The van der Waals surface area contributed by atoms with E-state index in [1.807, 2.05) is 12.1 Å². The molecule has 1 aromatic heterocycles. The Morgan fingerprint density at radius 2 is 2.00 bits per heavy atom. The quantitative estimate of drug-likeness (QED) is 0.806. The minimum Gasteiger partial charge on any atom is -0.488 e. The van der Waals surface area contributed by atoms with Crippen molar-refractivity contribution in [3.05, 3.63) is 24.0 Å². The van der Waals surface area contributed by atoms with Gasteiger partial charge >= 0.3 is 0 Å². The first-order chi connectivity index (χ1) is 9.31. The molecular weight excluding hydrogens is 238 g/mol. The van der Waals surface area contributed by atoms with E-state index in [4.69, 9.17) is 10.00 Å². The van der Waals surface area contributed by atoms with E-state index in [1.165, 1.54) is 32.5 Å². The van der Waals surface area contributed by atoms with Crippen LogP contribution in [0, 0.1) is 29.1 Å². The Hall–Kier alpha value is -1.60. The van der Waals surface area contributed by atoms with Crippen LogP contribution >= 0.6 is 0 Å². The summed E-state index contributed by atoms with van der Waals surface area (Å²) in [5, 5.41) is 8.76. The van der Waals surface area contributed by atoms with Crippen molar-refractivity contribution in [1.29, 1.82) is 5.26 Å². The molecule has 4 fully saturated rings. The summed E-state index contributed by atoms with van der Waals surface area (Å²) < 4.78 is 6.19. The second kappa shape index (κ2) is 4.21. The highest BCUT2D eigenvalue weighted by molar-refractivity contribution is 5.27. The van der Waals surface area contributed by atoms with Crippen molar-refractivity contribution in [3.8, 4) is 11.8 Å². The van der Waals surface area contributed by atoms with Crippen molar-refractivity contribution >= 4 is 0 Å². The molecule has 0 spiro atoms. The highest BCUT2D eigenvalue weighted by atomic mass is 16.5. The zero-order valence-corrected chi connectivity index (χ0v) is 10.8. The second-order valence-corrected chi connectivity index (χ2v) is 6.15. The van der Waals surface area contributed by atoms with Crippen molar-refractivity contribution in [3.63, 3.8) is 0 Å². The predicted octanol–water partition coefficient (Wildman–Crippen LogP) is 1.67. The maximum Gasteiger partial charge on any atom is 0.140 e. The molecule has 1 aliphatic carbocycles. The molecule has 98 valence electrons. The van der Waals surface area contributed by atoms with E-state index in [-0.39, 0.29) is 0 Å². The van der Waals surface area contributed by atoms with Gasteiger partial charge in [-0.1, -0.05) is 0 Å². The number of nitriles is 1. The van der Waals surface area contributed by atoms with Gasteiger partial charge in [-0.2, -0.15) is 5.26 Å². The van der Waals surface area contributed by atoms with Gasteiger partial charge in [0.2, 0.25) is 0 Å². The van der Waals surface area contributed by atoms with E-state index >= 15 is 0 Å². The SMILES string of the molecule is N#Cc1ccc(OC2C3CC4CC2CN(C4)C3)cn1. The Labute approximate surface area is 113 Å². The molecule has 4 aliphatic rings. The second-order valence-electron chi connectivity index (χ2n) is 6.15. The summed E-state index contributed by atoms with van der Waals surface area (Å²) in [7, 11) is 0. The number of rotatable bonds is 2. The van der Waals surface area contributed by atoms with Crippen LogP contribution in [0.3, 0.4) is 0 Å². The third-order valence-corrected chi connectivity index (χ3v) is 4.83. The topological polar surface area (TPSA) is 49.1 Å². The molecule has 2 atom stereocenters. The molecule has 0 amide bonds. The Morgan fingerprint density at radius 3 is 2.58 bits per heavy atom. The Morgan fingerprint density at radius 1 is 1.21 bits per heavy atom. The average molecular weight is 255 g/mol. The third-order valence-electron chi connectivity index (χ3n) is 4.83. The summed E-state index contributed by atoms with van der Waals surface area (Å²) in [6.07, 6.45) is 4.68. The molecular formula is C15H17N3O. The van der Waals surface area contributed by atoms with Gasteiger partial charge in [0, 0.05) is 31.5 Å². The summed E-state index contributed by atoms with van der Waals surface area (Å²) in [5.41, 5.74) is 0.448. The van der Waals surface area contributed by atoms with E-state index in [1.54, 1.807) is 12.3 Å². The number of nitrogens with zero attached hydrogens (tertiary/aromatic N) is 3. The van der Waals surface area contributed by atoms with E-state index in [9.17, 15) is 0 Å².